The van der Waals surface area contributed by atoms with Crippen LogP contribution in [0.2, 0.25) is 10.0 Å². The van der Waals surface area contributed by atoms with Gasteiger partial charge in [-0.2, -0.15) is 0 Å². The fraction of sp³-hybridized carbons (Fsp3) is 0.269. The first-order valence-corrected chi connectivity index (χ1v) is 13.5. The van der Waals surface area contributed by atoms with Crippen molar-refractivity contribution < 1.29 is 14.3 Å². The molecule has 1 unspecified atom stereocenters. The number of para-hydroxylation sites is 1. The Morgan fingerprint density at radius 2 is 1.86 bits per heavy atom. The van der Waals surface area contributed by atoms with Gasteiger partial charge in [0.25, 0.3) is 0 Å². The van der Waals surface area contributed by atoms with E-state index in [1.54, 1.807) is 24.4 Å². The lowest BCUT2D eigenvalue weighted by Gasteiger charge is -2.39. The van der Waals surface area contributed by atoms with E-state index in [0.29, 0.717) is 10.0 Å². The Hall–Kier alpha value is -2.65. The largest absolute Gasteiger partial charge is 0.445 e. The summed E-state index contributed by atoms with van der Waals surface area (Å²) in [5.41, 5.74) is 6.31. The lowest BCUT2D eigenvalue weighted by Crippen LogP contribution is -2.62. The minimum absolute atomic E-state index is 0.0204. The fourth-order valence-corrected chi connectivity index (χ4v) is 6.35. The van der Waals surface area contributed by atoms with Crippen LogP contribution in [-0.4, -0.2) is 39.9 Å². The number of allylic oxidation sites excluding steroid dienone is 1. The predicted octanol–water partition coefficient (Wildman–Crippen LogP) is 6.16. The van der Waals surface area contributed by atoms with Gasteiger partial charge in [0.05, 0.1) is 16.4 Å². The first kappa shape index (κ1) is 27.4. The average Bonchev–Trinajstić information content (AvgIpc) is 3.15. The van der Waals surface area contributed by atoms with Gasteiger partial charge in [0.2, 0.25) is 5.66 Å². The first-order chi connectivity index (χ1) is 17.6. The quantitative estimate of drug-likeness (QED) is 0.293. The molecule has 1 amide bonds. The van der Waals surface area contributed by atoms with Crippen molar-refractivity contribution in [2.75, 3.05) is 12.5 Å². The number of rotatable bonds is 9. The van der Waals surface area contributed by atoms with E-state index in [2.05, 4.69) is 10.3 Å². The molecule has 0 spiro atoms. The highest BCUT2D eigenvalue weighted by atomic mass is 35.5. The van der Waals surface area contributed by atoms with Gasteiger partial charge in [-0.05, 0) is 41.8 Å². The van der Waals surface area contributed by atoms with Crippen molar-refractivity contribution in [2.45, 2.75) is 31.0 Å². The standard InChI is InChI=1S/C26H25Cl3N4O3S/c1-15(2)23-24(37-20-9-18(28)8-19(29)10-20)33(26(32-23,22(34)11-27)14-36-25(30)35)13-16-7-17-5-3-4-6-21(17)31-12-16/h3-10,12,15,32H,11,13-14H2,1-2H3,(H2,30,35). The number of amides is 1. The Bertz CT molecular complexity index is 1360. The molecule has 7 nitrogen and oxygen atoms in total. The Balaban J connectivity index is 1.85. The number of ether oxygens (including phenoxy) is 1. The molecule has 37 heavy (non-hydrogen) atoms. The summed E-state index contributed by atoms with van der Waals surface area (Å²) in [6.07, 6.45) is 0.767. The van der Waals surface area contributed by atoms with E-state index in [-0.39, 0.29) is 30.7 Å². The number of nitrogens with one attached hydrogen (secondary N) is 1. The second-order valence-electron chi connectivity index (χ2n) is 8.85. The van der Waals surface area contributed by atoms with Gasteiger partial charge in [-0.3, -0.25) is 9.78 Å². The van der Waals surface area contributed by atoms with Gasteiger partial charge in [0, 0.05) is 38.8 Å². The fourth-order valence-electron chi connectivity index (χ4n) is 4.16. The van der Waals surface area contributed by atoms with Crippen LogP contribution in [0.15, 0.2) is 70.3 Å². The van der Waals surface area contributed by atoms with Crippen LogP contribution in [0, 0.1) is 5.92 Å². The number of Topliss-reactive ketones (excluding diaryl/α,β-unsaturated/α-hetero) is 1. The van der Waals surface area contributed by atoms with Crippen LogP contribution in [0.5, 0.6) is 0 Å². The lowest BCUT2D eigenvalue weighted by molar-refractivity contribution is -0.131. The number of benzene rings is 2. The average molecular weight is 580 g/mol. The van der Waals surface area contributed by atoms with Gasteiger partial charge in [0.1, 0.15) is 6.61 Å². The molecule has 0 aliphatic carbocycles. The molecule has 1 atom stereocenters. The van der Waals surface area contributed by atoms with Crippen LogP contribution in [0.1, 0.15) is 19.4 Å². The Morgan fingerprint density at radius 1 is 1.16 bits per heavy atom. The highest BCUT2D eigenvalue weighted by Crippen LogP contribution is 2.44. The summed E-state index contributed by atoms with van der Waals surface area (Å²) in [5, 5.41) is 6.02. The number of nitrogens with two attached hydrogens (primary N) is 1. The SMILES string of the molecule is CC(C)C1=C(Sc2cc(Cl)cc(Cl)c2)N(Cc2cnc3ccccc3c2)C(COC(N)=O)(C(=O)CCl)N1. The molecule has 0 bridgehead atoms. The molecule has 0 fully saturated rings. The minimum Gasteiger partial charge on any atom is -0.445 e. The number of halogens is 3. The summed E-state index contributed by atoms with van der Waals surface area (Å²) in [4.78, 5) is 32.3. The van der Waals surface area contributed by atoms with Crippen molar-refractivity contribution in [2.24, 2.45) is 11.7 Å². The topological polar surface area (TPSA) is 97.6 Å². The second kappa shape index (κ2) is 11.4. The molecule has 1 aliphatic rings. The van der Waals surface area contributed by atoms with Gasteiger partial charge in [-0.15, -0.1) is 11.6 Å². The van der Waals surface area contributed by atoms with E-state index >= 15 is 0 Å². The van der Waals surface area contributed by atoms with E-state index in [9.17, 15) is 9.59 Å². The molecule has 2 heterocycles. The van der Waals surface area contributed by atoms with Gasteiger partial charge in [0.15, 0.2) is 5.78 Å². The molecule has 0 saturated carbocycles. The molecule has 3 aromatic rings. The summed E-state index contributed by atoms with van der Waals surface area (Å²) in [6, 6.07) is 15.0. The summed E-state index contributed by atoms with van der Waals surface area (Å²) in [5.74, 6) is -0.705. The number of nitrogens with zero attached hydrogens (tertiary/aromatic N) is 2. The Morgan fingerprint density at radius 3 is 2.51 bits per heavy atom. The molecule has 4 rings (SSSR count). The molecule has 0 saturated heterocycles. The minimum atomic E-state index is -1.48. The number of thioether (sulfide) groups is 1. The molecule has 2 aromatic carbocycles. The molecule has 194 valence electrons. The monoisotopic (exact) mass is 578 g/mol. The van der Waals surface area contributed by atoms with Crippen molar-refractivity contribution in [3.63, 3.8) is 0 Å². The van der Waals surface area contributed by atoms with Crippen molar-refractivity contribution >= 4 is 69.3 Å². The molecule has 1 aromatic heterocycles. The Labute approximate surface area is 234 Å². The lowest BCUT2D eigenvalue weighted by atomic mass is 10.0. The van der Waals surface area contributed by atoms with Crippen molar-refractivity contribution in [1.82, 2.24) is 15.2 Å². The number of hydrogen-bond donors (Lipinski definition) is 2. The summed E-state index contributed by atoms with van der Waals surface area (Å²) < 4.78 is 5.22. The van der Waals surface area contributed by atoms with E-state index < -0.39 is 11.8 Å². The summed E-state index contributed by atoms with van der Waals surface area (Å²) in [6.45, 7) is 3.92. The zero-order valence-electron chi connectivity index (χ0n) is 20.1. The number of ketones is 1. The smallest absolute Gasteiger partial charge is 0.404 e. The number of hydrogen-bond acceptors (Lipinski definition) is 7. The van der Waals surface area contributed by atoms with E-state index in [0.717, 1.165) is 32.1 Å². The second-order valence-corrected chi connectivity index (χ2v) is 11.1. The first-order valence-electron chi connectivity index (χ1n) is 11.4. The van der Waals surface area contributed by atoms with Gasteiger partial charge in [-0.1, -0.05) is 67.0 Å². The number of fused-ring (bicyclic) bond motifs is 1. The third-order valence-electron chi connectivity index (χ3n) is 5.90. The number of carbonyl (C=O) groups excluding carboxylic acids is 2. The third-order valence-corrected chi connectivity index (χ3v) is 7.68. The zero-order chi connectivity index (χ0) is 26.7. The van der Waals surface area contributed by atoms with Gasteiger partial charge in [-0.25, -0.2) is 4.79 Å². The van der Waals surface area contributed by atoms with E-state index in [1.165, 1.54) is 11.8 Å². The zero-order valence-corrected chi connectivity index (χ0v) is 23.2. The third kappa shape index (κ3) is 5.93. The highest BCUT2D eigenvalue weighted by molar-refractivity contribution is 8.03. The van der Waals surface area contributed by atoms with Crippen LogP contribution in [0.3, 0.4) is 0 Å². The molecule has 3 N–H and O–H groups in total. The maximum atomic E-state index is 13.5. The molecule has 11 heteroatoms. The Kier molecular flexibility index (Phi) is 8.43. The summed E-state index contributed by atoms with van der Waals surface area (Å²) >= 11 is 20.0. The summed E-state index contributed by atoms with van der Waals surface area (Å²) in [7, 11) is 0. The molecular formula is C26H25Cl3N4O3S. The van der Waals surface area contributed by atoms with Crippen molar-refractivity contribution in [3.05, 3.63) is 81.1 Å². The van der Waals surface area contributed by atoms with Crippen molar-refractivity contribution in [1.29, 1.82) is 0 Å². The predicted molar refractivity (Wildman–Crippen MR) is 149 cm³/mol. The molecule has 1 aliphatic heterocycles. The van der Waals surface area contributed by atoms with Crippen LogP contribution < -0.4 is 11.1 Å². The van der Waals surface area contributed by atoms with Crippen LogP contribution in [0.4, 0.5) is 4.79 Å². The number of alkyl halides is 1. The van der Waals surface area contributed by atoms with Crippen LogP contribution >= 0.6 is 46.6 Å². The number of carbonyl (C=O) groups is 2. The molecule has 0 radical (unpaired) electrons. The number of primary amides is 1. The number of pyridine rings is 1. The van der Waals surface area contributed by atoms with E-state index in [1.807, 2.05) is 49.1 Å². The van der Waals surface area contributed by atoms with E-state index in [4.69, 9.17) is 45.3 Å². The van der Waals surface area contributed by atoms with Gasteiger partial charge < -0.3 is 20.7 Å². The van der Waals surface area contributed by atoms with Crippen molar-refractivity contribution in [3.8, 4) is 0 Å². The normalized spacial score (nSPS) is 17.4. The van der Waals surface area contributed by atoms with Crippen LogP contribution in [0.25, 0.3) is 10.9 Å². The highest BCUT2D eigenvalue weighted by Gasteiger charge is 2.52. The number of aromatic nitrogens is 1. The molecular weight excluding hydrogens is 555 g/mol. The van der Waals surface area contributed by atoms with Gasteiger partial charge >= 0.3 is 6.09 Å². The van der Waals surface area contributed by atoms with Crippen LogP contribution in [-0.2, 0) is 16.1 Å². The maximum Gasteiger partial charge on any atom is 0.404 e. The maximum absolute atomic E-state index is 13.5.